The molecule has 1 heterocycles. The highest BCUT2D eigenvalue weighted by Crippen LogP contribution is 2.24. The normalized spacial score (nSPS) is 15.8. The van der Waals surface area contributed by atoms with Crippen molar-refractivity contribution in [2.45, 2.75) is 12.8 Å². The number of sulfonamides is 1. The molecule has 1 aliphatic heterocycles. The van der Waals surface area contributed by atoms with Gasteiger partial charge in [-0.1, -0.05) is 72.8 Å². The SMILES string of the molecule is N#CC(=Cc1ccccc1)C(=O)NN=C(c1ccccc1)c1ccc(N2CCCCS2(=O)=O)cc1. The Kier molecular flexibility index (Phi) is 7.38. The molecule has 0 aliphatic carbocycles. The lowest BCUT2D eigenvalue weighted by molar-refractivity contribution is -0.117. The Hall–Kier alpha value is -4.22. The maximum Gasteiger partial charge on any atom is 0.282 e. The molecule has 0 saturated carbocycles. The molecule has 35 heavy (non-hydrogen) atoms. The minimum Gasteiger partial charge on any atom is -0.270 e. The number of nitriles is 1. The number of anilines is 1. The van der Waals surface area contributed by atoms with Crippen LogP contribution in [0.25, 0.3) is 6.08 Å². The summed E-state index contributed by atoms with van der Waals surface area (Å²) in [6, 6.07) is 27.4. The molecule has 3 aromatic carbocycles. The number of carbonyl (C=O) groups excluding carboxylic acids is 1. The Labute approximate surface area is 205 Å². The minimum absolute atomic E-state index is 0.0713. The Morgan fingerprint density at radius 2 is 1.54 bits per heavy atom. The Bertz CT molecular complexity index is 1390. The third-order valence-electron chi connectivity index (χ3n) is 5.57. The van der Waals surface area contributed by atoms with E-state index in [1.54, 1.807) is 36.4 Å². The molecule has 8 heteroatoms. The molecule has 1 aliphatic rings. The van der Waals surface area contributed by atoms with Crippen LogP contribution in [0.4, 0.5) is 5.69 Å². The molecular weight excluding hydrogens is 460 g/mol. The summed E-state index contributed by atoms with van der Waals surface area (Å²) in [4.78, 5) is 12.7. The molecule has 0 atom stereocenters. The highest BCUT2D eigenvalue weighted by Gasteiger charge is 2.26. The Morgan fingerprint density at radius 1 is 0.914 bits per heavy atom. The fourth-order valence-electron chi connectivity index (χ4n) is 3.79. The Balaban J connectivity index is 1.62. The maximum atomic E-state index is 12.7. The van der Waals surface area contributed by atoms with E-state index in [-0.39, 0.29) is 11.3 Å². The number of amides is 1. The van der Waals surface area contributed by atoms with Gasteiger partial charge in [0.2, 0.25) is 10.0 Å². The molecular formula is C27H24N4O3S. The zero-order chi connectivity index (χ0) is 24.7. The first-order chi connectivity index (χ1) is 17.0. The first-order valence-corrected chi connectivity index (χ1v) is 12.8. The molecule has 1 fully saturated rings. The second-order valence-corrected chi connectivity index (χ2v) is 10.0. The first kappa shape index (κ1) is 23.9. The molecule has 0 radical (unpaired) electrons. The minimum atomic E-state index is -3.31. The van der Waals surface area contributed by atoms with Crippen LogP contribution in [0.2, 0.25) is 0 Å². The molecule has 1 N–H and O–H groups in total. The van der Waals surface area contributed by atoms with Gasteiger partial charge in [-0.2, -0.15) is 10.4 Å². The summed E-state index contributed by atoms with van der Waals surface area (Å²) < 4.78 is 26.3. The van der Waals surface area contributed by atoms with E-state index in [1.165, 1.54) is 10.4 Å². The van der Waals surface area contributed by atoms with Crippen molar-refractivity contribution in [3.63, 3.8) is 0 Å². The maximum absolute atomic E-state index is 12.7. The standard InChI is InChI=1S/C27H24N4O3S/c28-20-24(19-21-9-3-1-4-10-21)27(32)30-29-26(22-11-5-2-6-12-22)23-13-15-25(16-14-23)31-17-7-8-18-35(31,33)34/h1-6,9-16,19H,7-8,17-18H2,(H,30,32). The van der Waals surface area contributed by atoms with Crippen molar-refractivity contribution in [3.05, 3.63) is 107 Å². The van der Waals surface area contributed by atoms with Crippen molar-refractivity contribution in [2.24, 2.45) is 5.10 Å². The van der Waals surface area contributed by atoms with Crippen LogP contribution in [0.3, 0.4) is 0 Å². The molecule has 0 aromatic heterocycles. The number of nitrogens with zero attached hydrogens (tertiary/aromatic N) is 3. The van der Waals surface area contributed by atoms with Gasteiger partial charge in [-0.05, 0) is 36.6 Å². The van der Waals surface area contributed by atoms with Crippen molar-refractivity contribution in [3.8, 4) is 6.07 Å². The van der Waals surface area contributed by atoms with Gasteiger partial charge in [0.15, 0.2) is 0 Å². The van der Waals surface area contributed by atoms with Crippen LogP contribution >= 0.6 is 0 Å². The average Bonchev–Trinajstić information content (AvgIpc) is 2.89. The molecule has 7 nitrogen and oxygen atoms in total. The molecule has 3 aromatic rings. The number of hydrazone groups is 1. The van der Waals surface area contributed by atoms with Gasteiger partial charge in [0.05, 0.1) is 17.2 Å². The predicted molar refractivity (Wildman–Crippen MR) is 137 cm³/mol. The summed E-state index contributed by atoms with van der Waals surface area (Å²) >= 11 is 0. The van der Waals surface area contributed by atoms with Gasteiger partial charge in [-0.25, -0.2) is 13.8 Å². The van der Waals surface area contributed by atoms with Crippen LogP contribution in [0, 0.1) is 11.3 Å². The average molecular weight is 485 g/mol. The van der Waals surface area contributed by atoms with E-state index in [0.29, 0.717) is 29.9 Å². The van der Waals surface area contributed by atoms with Gasteiger partial charge >= 0.3 is 0 Å². The summed E-state index contributed by atoms with van der Waals surface area (Å²) in [5.74, 6) is -0.476. The zero-order valence-electron chi connectivity index (χ0n) is 19.0. The molecule has 1 saturated heterocycles. The van der Waals surface area contributed by atoms with Crippen LogP contribution in [-0.4, -0.2) is 32.3 Å². The number of hydrogen-bond acceptors (Lipinski definition) is 5. The van der Waals surface area contributed by atoms with Crippen LogP contribution in [-0.2, 0) is 14.8 Å². The molecule has 176 valence electrons. The summed E-state index contributed by atoms with van der Waals surface area (Å²) in [6.45, 7) is 0.460. The number of nitrogens with one attached hydrogen (secondary N) is 1. The van der Waals surface area contributed by atoms with Crippen LogP contribution in [0.15, 0.2) is 95.6 Å². The molecule has 1 amide bonds. The van der Waals surface area contributed by atoms with Gasteiger partial charge in [0, 0.05) is 17.7 Å². The van der Waals surface area contributed by atoms with E-state index >= 15 is 0 Å². The van der Waals surface area contributed by atoms with Gasteiger partial charge in [0.25, 0.3) is 5.91 Å². The van der Waals surface area contributed by atoms with E-state index in [2.05, 4.69) is 10.5 Å². The van der Waals surface area contributed by atoms with Crippen molar-refractivity contribution in [2.75, 3.05) is 16.6 Å². The quantitative estimate of drug-likeness (QED) is 0.246. The van der Waals surface area contributed by atoms with E-state index in [0.717, 1.165) is 17.5 Å². The third-order valence-corrected chi connectivity index (χ3v) is 7.44. The largest absolute Gasteiger partial charge is 0.282 e. The summed E-state index contributed by atoms with van der Waals surface area (Å²) in [6.07, 6.45) is 2.99. The number of benzene rings is 3. The summed E-state index contributed by atoms with van der Waals surface area (Å²) in [5.41, 5.74) is 5.70. The van der Waals surface area contributed by atoms with E-state index in [1.807, 2.05) is 54.6 Å². The van der Waals surface area contributed by atoms with Gasteiger partial charge in [0.1, 0.15) is 11.6 Å². The lowest BCUT2D eigenvalue weighted by Crippen LogP contribution is -2.37. The van der Waals surface area contributed by atoms with E-state index < -0.39 is 15.9 Å². The number of rotatable bonds is 6. The monoisotopic (exact) mass is 484 g/mol. The second-order valence-electron chi connectivity index (χ2n) is 7.99. The van der Waals surface area contributed by atoms with E-state index in [9.17, 15) is 18.5 Å². The van der Waals surface area contributed by atoms with Gasteiger partial charge in [-0.3, -0.25) is 9.10 Å². The molecule has 0 bridgehead atoms. The highest BCUT2D eigenvalue weighted by atomic mass is 32.2. The van der Waals surface area contributed by atoms with Crippen molar-refractivity contribution in [1.82, 2.24) is 5.43 Å². The molecule has 4 rings (SSSR count). The van der Waals surface area contributed by atoms with Crippen molar-refractivity contribution >= 4 is 33.4 Å². The first-order valence-electron chi connectivity index (χ1n) is 11.2. The highest BCUT2D eigenvalue weighted by molar-refractivity contribution is 7.92. The third kappa shape index (κ3) is 5.83. The van der Waals surface area contributed by atoms with Crippen LogP contribution in [0.5, 0.6) is 0 Å². The predicted octanol–water partition coefficient (Wildman–Crippen LogP) is 4.09. The van der Waals surface area contributed by atoms with Crippen molar-refractivity contribution in [1.29, 1.82) is 5.26 Å². The molecule has 0 unspecified atom stereocenters. The number of carbonyl (C=O) groups is 1. The van der Waals surface area contributed by atoms with E-state index in [4.69, 9.17) is 0 Å². The lowest BCUT2D eigenvalue weighted by Gasteiger charge is -2.28. The lowest BCUT2D eigenvalue weighted by atomic mass is 10.0. The summed E-state index contributed by atoms with van der Waals surface area (Å²) in [5, 5.41) is 13.8. The summed E-state index contributed by atoms with van der Waals surface area (Å²) in [7, 11) is -3.31. The van der Waals surface area contributed by atoms with Gasteiger partial charge in [-0.15, -0.1) is 0 Å². The second kappa shape index (κ2) is 10.8. The van der Waals surface area contributed by atoms with Crippen LogP contribution in [0.1, 0.15) is 29.5 Å². The Morgan fingerprint density at radius 3 is 2.17 bits per heavy atom. The fourth-order valence-corrected chi connectivity index (χ4v) is 5.43. The number of hydrogen-bond donors (Lipinski definition) is 1. The fraction of sp³-hybridized carbons (Fsp3) is 0.148. The van der Waals surface area contributed by atoms with Crippen molar-refractivity contribution < 1.29 is 13.2 Å². The zero-order valence-corrected chi connectivity index (χ0v) is 19.8. The topological polar surface area (TPSA) is 103 Å². The smallest absolute Gasteiger partial charge is 0.270 e. The van der Waals surface area contributed by atoms with Crippen LogP contribution < -0.4 is 9.73 Å². The molecule has 0 spiro atoms. The van der Waals surface area contributed by atoms with Gasteiger partial charge < -0.3 is 0 Å².